The molecule has 4 rings (SSSR count). The number of aryl methyl sites for hydroxylation is 1. The van der Waals surface area contributed by atoms with Crippen LogP contribution in [0.15, 0.2) is 41.1 Å². The van der Waals surface area contributed by atoms with Crippen LogP contribution in [0.25, 0.3) is 0 Å². The summed E-state index contributed by atoms with van der Waals surface area (Å²) in [4.78, 5) is 15.4. The lowest BCUT2D eigenvalue weighted by atomic mass is 9.93. The first kappa shape index (κ1) is 16.8. The van der Waals surface area contributed by atoms with Crippen LogP contribution >= 0.6 is 11.3 Å². The number of nitrogens with zero attached hydrogens (tertiary/aromatic N) is 1. The summed E-state index contributed by atoms with van der Waals surface area (Å²) >= 11 is 1.71. The van der Waals surface area contributed by atoms with Crippen LogP contribution in [0.5, 0.6) is 0 Å². The van der Waals surface area contributed by atoms with E-state index < -0.39 is 0 Å². The van der Waals surface area contributed by atoms with Crippen molar-refractivity contribution in [1.82, 2.24) is 10.2 Å². The molecule has 1 aromatic heterocycles. The van der Waals surface area contributed by atoms with Crippen molar-refractivity contribution in [2.24, 2.45) is 5.41 Å². The van der Waals surface area contributed by atoms with E-state index in [4.69, 9.17) is 0 Å². The summed E-state index contributed by atoms with van der Waals surface area (Å²) in [5, 5.41) is 7.74. The Balaban J connectivity index is 1.53. The highest BCUT2D eigenvalue weighted by Gasteiger charge is 2.57. The molecule has 1 saturated heterocycles. The molecule has 132 valence electrons. The molecule has 0 bridgehead atoms. The maximum Gasteiger partial charge on any atom is 0.227 e. The zero-order valence-corrected chi connectivity index (χ0v) is 15.6. The predicted octanol–water partition coefficient (Wildman–Crippen LogP) is 3.77. The lowest BCUT2D eigenvalue weighted by Gasteiger charge is -2.30. The van der Waals surface area contributed by atoms with Gasteiger partial charge in [0, 0.05) is 12.6 Å². The average Bonchev–Trinajstić information content (AvgIpc) is 3.06. The maximum atomic E-state index is 13.2. The number of amides is 1. The third kappa shape index (κ3) is 3.51. The van der Waals surface area contributed by atoms with E-state index in [1.54, 1.807) is 11.3 Å². The normalized spacial score (nSPS) is 21.2. The number of benzene rings is 1. The van der Waals surface area contributed by atoms with Crippen LogP contribution in [-0.2, 0) is 17.8 Å². The van der Waals surface area contributed by atoms with Crippen LogP contribution in [0, 0.1) is 12.3 Å². The summed E-state index contributed by atoms with van der Waals surface area (Å²) in [5.74, 6) is 0.279. The lowest BCUT2D eigenvalue weighted by Crippen LogP contribution is -2.39. The number of nitrogens with one attached hydrogen (secondary N) is 1. The summed E-state index contributed by atoms with van der Waals surface area (Å²) in [6.07, 6.45) is 4.10. The van der Waals surface area contributed by atoms with Crippen molar-refractivity contribution in [3.05, 3.63) is 57.8 Å². The minimum Gasteiger partial charge on any atom is -0.334 e. The van der Waals surface area contributed by atoms with Gasteiger partial charge in [-0.2, -0.15) is 11.3 Å². The fraction of sp³-hybridized carbons (Fsp3) is 0.476. The van der Waals surface area contributed by atoms with Gasteiger partial charge in [-0.05, 0) is 78.2 Å². The van der Waals surface area contributed by atoms with E-state index in [1.165, 1.54) is 30.4 Å². The van der Waals surface area contributed by atoms with Gasteiger partial charge in [0.1, 0.15) is 0 Å². The molecular formula is C21H26N2OS. The lowest BCUT2D eigenvalue weighted by molar-refractivity contribution is -0.132. The van der Waals surface area contributed by atoms with Gasteiger partial charge >= 0.3 is 0 Å². The smallest absolute Gasteiger partial charge is 0.227 e. The van der Waals surface area contributed by atoms with E-state index >= 15 is 0 Å². The Bertz CT molecular complexity index is 734. The van der Waals surface area contributed by atoms with Crippen molar-refractivity contribution in [3.8, 4) is 0 Å². The molecule has 2 heterocycles. The molecule has 2 fully saturated rings. The van der Waals surface area contributed by atoms with Crippen molar-refractivity contribution in [1.29, 1.82) is 0 Å². The second-order valence-electron chi connectivity index (χ2n) is 7.59. The molecule has 25 heavy (non-hydrogen) atoms. The van der Waals surface area contributed by atoms with Crippen LogP contribution in [0.3, 0.4) is 0 Å². The fourth-order valence-electron chi connectivity index (χ4n) is 4.25. The largest absolute Gasteiger partial charge is 0.334 e. The molecule has 3 nitrogen and oxygen atoms in total. The molecular weight excluding hydrogens is 328 g/mol. The van der Waals surface area contributed by atoms with Crippen LogP contribution < -0.4 is 5.32 Å². The highest BCUT2D eigenvalue weighted by atomic mass is 32.1. The minimum atomic E-state index is 0.279. The summed E-state index contributed by atoms with van der Waals surface area (Å²) < 4.78 is 0. The third-order valence-corrected chi connectivity index (χ3v) is 6.71. The summed E-state index contributed by atoms with van der Waals surface area (Å²) in [7, 11) is 0. The number of carbonyl (C=O) groups excluding carboxylic acids is 1. The van der Waals surface area contributed by atoms with Crippen molar-refractivity contribution < 1.29 is 4.79 Å². The number of piperidine rings is 1. The molecule has 2 aliphatic rings. The Morgan fingerprint density at radius 3 is 2.80 bits per heavy atom. The Kier molecular flexibility index (Phi) is 4.65. The molecule has 1 spiro atoms. The number of carbonyl (C=O) groups is 1. The van der Waals surface area contributed by atoms with Crippen LogP contribution in [0.2, 0.25) is 0 Å². The van der Waals surface area contributed by atoms with E-state index in [0.29, 0.717) is 17.9 Å². The molecule has 0 radical (unpaired) electrons. The van der Waals surface area contributed by atoms with Gasteiger partial charge < -0.3 is 10.2 Å². The van der Waals surface area contributed by atoms with Gasteiger partial charge in [0.15, 0.2) is 0 Å². The number of thiophene rings is 1. The fourth-order valence-corrected chi connectivity index (χ4v) is 4.91. The topological polar surface area (TPSA) is 32.3 Å². The average molecular weight is 355 g/mol. The zero-order valence-electron chi connectivity index (χ0n) is 14.8. The summed E-state index contributed by atoms with van der Waals surface area (Å²) in [6, 6.07) is 10.8. The second kappa shape index (κ2) is 6.93. The molecule has 1 N–H and O–H groups in total. The monoisotopic (exact) mass is 354 g/mol. The van der Waals surface area contributed by atoms with E-state index in [1.807, 2.05) is 12.1 Å². The second-order valence-corrected chi connectivity index (χ2v) is 8.37. The number of hydrogen-bond acceptors (Lipinski definition) is 3. The van der Waals surface area contributed by atoms with Gasteiger partial charge in [0.05, 0.1) is 6.42 Å². The molecule has 1 amide bonds. The first-order valence-corrected chi connectivity index (χ1v) is 10.2. The molecule has 1 atom stereocenters. The van der Waals surface area contributed by atoms with Crippen molar-refractivity contribution in [3.63, 3.8) is 0 Å². The standard InChI is InChI=1S/C21H26N2OS/c1-16-4-2-3-5-18(16)12-20(24)23(14-17-6-11-25-15-17)19-13-21(19)7-9-22-10-8-21/h2-6,11,15,19,22H,7-10,12-14H2,1H3/t19-/m1/s1. The van der Waals surface area contributed by atoms with E-state index in [-0.39, 0.29) is 5.91 Å². The molecule has 2 aromatic rings. The Labute approximate surface area is 154 Å². The third-order valence-electron chi connectivity index (χ3n) is 5.98. The minimum absolute atomic E-state index is 0.279. The van der Waals surface area contributed by atoms with Gasteiger partial charge in [-0.15, -0.1) is 0 Å². The number of rotatable bonds is 5. The SMILES string of the molecule is Cc1ccccc1CC(=O)N(Cc1ccsc1)[C@@H]1CC12CCNCC2. The maximum absolute atomic E-state index is 13.2. The van der Waals surface area contributed by atoms with Crippen LogP contribution in [0.1, 0.15) is 36.0 Å². The zero-order chi connectivity index (χ0) is 17.3. The molecule has 0 unspecified atom stereocenters. The first-order valence-electron chi connectivity index (χ1n) is 9.24. The molecule has 1 aliphatic heterocycles. The highest BCUT2D eigenvalue weighted by Crippen LogP contribution is 2.56. The van der Waals surface area contributed by atoms with E-state index in [9.17, 15) is 4.79 Å². The summed E-state index contributed by atoms with van der Waals surface area (Å²) in [5.41, 5.74) is 4.00. The molecule has 4 heteroatoms. The molecule has 1 saturated carbocycles. The Hall–Kier alpha value is -1.65. The highest BCUT2D eigenvalue weighted by molar-refractivity contribution is 7.07. The predicted molar refractivity (Wildman–Crippen MR) is 103 cm³/mol. The van der Waals surface area contributed by atoms with Crippen molar-refractivity contribution in [2.75, 3.05) is 13.1 Å². The quantitative estimate of drug-likeness (QED) is 0.886. The van der Waals surface area contributed by atoms with Gasteiger partial charge in [0.2, 0.25) is 5.91 Å². The molecule has 1 aliphatic carbocycles. The molecule has 1 aromatic carbocycles. The summed E-state index contributed by atoms with van der Waals surface area (Å²) in [6.45, 7) is 5.04. The Morgan fingerprint density at radius 2 is 2.08 bits per heavy atom. The van der Waals surface area contributed by atoms with E-state index in [0.717, 1.165) is 25.2 Å². The van der Waals surface area contributed by atoms with Crippen LogP contribution in [0.4, 0.5) is 0 Å². The van der Waals surface area contributed by atoms with Gasteiger partial charge in [0.25, 0.3) is 0 Å². The van der Waals surface area contributed by atoms with E-state index in [2.05, 4.69) is 46.1 Å². The van der Waals surface area contributed by atoms with Crippen LogP contribution in [-0.4, -0.2) is 29.9 Å². The number of hydrogen-bond donors (Lipinski definition) is 1. The first-order chi connectivity index (χ1) is 12.2. The van der Waals surface area contributed by atoms with Gasteiger partial charge in [-0.1, -0.05) is 24.3 Å². The van der Waals surface area contributed by atoms with Crippen molar-refractivity contribution >= 4 is 17.2 Å². The van der Waals surface area contributed by atoms with Crippen molar-refractivity contribution in [2.45, 2.75) is 45.2 Å². The van der Waals surface area contributed by atoms with Gasteiger partial charge in [-0.3, -0.25) is 4.79 Å². The Morgan fingerprint density at radius 1 is 1.28 bits per heavy atom. The van der Waals surface area contributed by atoms with Gasteiger partial charge in [-0.25, -0.2) is 0 Å².